The first kappa shape index (κ1) is 20.8. The van der Waals surface area contributed by atoms with Crippen molar-refractivity contribution in [3.05, 3.63) is 84.7 Å². The molecule has 0 atom stereocenters. The van der Waals surface area contributed by atoms with Gasteiger partial charge in [-0.05, 0) is 48.4 Å². The Bertz CT molecular complexity index is 1160. The van der Waals surface area contributed by atoms with Gasteiger partial charge in [-0.2, -0.15) is 4.57 Å². The molecule has 1 aromatic heterocycles. The minimum absolute atomic E-state index is 0.0440. The summed E-state index contributed by atoms with van der Waals surface area (Å²) in [7, 11) is 0. The Labute approximate surface area is 172 Å². The molecule has 0 bridgehead atoms. The van der Waals surface area contributed by atoms with Crippen LogP contribution < -0.4 is 4.57 Å². The van der Waals surface area contributed by atoms with E-state index in [0.29, 0.717) is 5.39 Å². The minimum Gasteiger partial charge on any atom is -0.508 e. The van der Waals surface area contributed by atoms with Crippen LogP contribution in [0.5, 0.6) is 0 Å². The second-order valence-electron chi connectivity index (χ2n) is 8.81. The molecule has 0 fully saturated rings. The molecule has 0 spiro atoms. The van der Waals surface area contributed by atoms with Crippen molar-refractivity contribution in [3.8, 4) is 0 Å². The van der Waals surface area contributed by atoms with Crippen LogP contribution in [-0.4, -0.2) is 5.11 Å². The summed E-state index contributed by atoms with van der Waals surface area (Å²) in [5, 5.41) is 13.6. The predicted octanol–water partition coefficient (Wildman–Crippen LogP) is 7.06. The average Bonchev–Trinajstić information content (AvgIpc) is 2.63. The van der Waals surface area contributed by atoms with Crippen LogP contribution in [0.1, 0.15) is 46.4 Å². The quantitative estimate of drug-likeness (QED) is 0.219. The number of pyridine rings is 1. The Balaban J connectivity index is 2.36. The summed E-state index contributed by atoms with van der Waals surface area (Å²) in [6.07, 6.45) is 3.93. The number of allylic oxidation sites excluding steroid dienone is 3. The number of rotatable bonds is 4. The van der Waals surface area contributed by atoms with Crippen molar-refractivity contribution < 1.29 is 14.1 Å². The maximum atomic E-state index is 14.3. The molecule has 0 radical (unpaired) electrons. The van der Waals surface area contributed by atoms with Crippen LogP contribution in [-0.2, 0) is 0 Å². The molecule has 2 aromatic carbocycles. The number of aliphatic hydroxyl groups is 1. The summed E-state index contributed by atoms with van der Waals surface area (Å²) < 4.78 is 16.5. The predicted molar refractivity (Wildman–Crippen MR) is 120 cm³/mol. The van der Waals surface area contributed by atoms with E-state index in [2.05, 4.69) is 31.6 Å². The topological polar surface area (TPSA) is 24.1 Å². The SMILES string of the molecule is C=C(O)/C(=C\C(=C)c1c2ccc3c(F)cccc3c2cc[n+]1C(C)C)C(C)(C)C. The van der Waals surface area contributed by atoms with E-state index in [9.17, 15) is 9.50 Å². The number of fused-ring (bicyclic) bond motifs is 3. The summed E-state index contributed by atoms with van der Waals surface area (Å²) in [6, 6.07) is 11.2. The van der Waals surface area contributed by atoms with Crippen molar-refractivity contribution in [2.45, 2.75) is 40.7 Å². The third-order valence-electron chi connectivity index (χ3n) is 5.26. The lowest BCUT2D eigenvalue weighted by molar-refractivity contribution is -0.716. The highest BCUT2D eigenvalue weighted by molar-refractivity contribution is 6.10. The van der Waals surface area contributed by atoms with E-state index in [1.165, 1.54) is 6.07 Å². The number of benzene rings is 2. The zero-order chi connectivity index (χ0) is 21.5. The molecule has 0 amide bonds. The number of aliphatic hydroxyl groups excluding tert-OH is 1. The zero-order valence-electron chi connectivity index (χ0n) is 17.9. The van der Waals surface area contributed by atoms with Crippen LogP contribution in [0.3, 0.4) is 0 Å². The zero-order valence-corrected chi connectivity index (χ0v) is 17.9. The van der Waals surface area contributed by atoms with Crippen molar-refractivity contribution in [2.24, 2.45) is 5.41 Å². The van der Waals surface area contributed by atoms with Gasteiger partial charge < -0.3 is 5.11 Å². The first-order chi connectivity index (χ1) is 13.5. The Morgan fingerprint density at radius 2 is 1.62 bits per heavy atom. The number of halogens is 1. The third kappa shape index (κ3) is 3.82. The average molecular weight is 391 g/mol. The molecule has 0 saturated carbocycles. The summed E-state index contributed by atoms with van der Waals surface area (Å²) >= 11 is 0. The Kier molecular flexibility index (Phi) is 5.36. The summed E-state index contributed by atoms with van der Waals surface area (Å²) in [6.45, 7) is 18.4. The van der Waals surface area contributed by atoms with E-state index in [-0.39, 0.29) is 23.0 Å². The molecule has 1 heterocycles. The van der Waals surface area contributed by atoms with E-state index in [1.54, 1.807) is 6.07 Å². The highest BCUT2D eigenvalue weighted by Gasteiger charge is 2.25. The molecule has 0 aliphatic rings. The van der Waals surface area contributed by atoms with Crippen molar-refractivity contribution in [1.29, 1.82) is 0 Å². The number of hydrogen-bond acceptors (Lipinski definition) is 1. The molecule has 0 saturated heterocycles. The second kappa shape index (κ2) is 7.47. The van der Waals surface area contributed by atoms with Crippen LogP contribution in [0.15, 0.2) is 73.2 Å². The molecule has 29 heavy (non-hydrogen) atoms. The molecule has 3 aromatic rings. The summed E-state index contributed by atoms with van der Waals surface area (Å²) in [4.78, 5) is 0. The highest BCUT2D eigenvalue weighted by Crippen LogP contribution is 2.34. The van der Waals surface area contributed by atoms with Crippen molar-refractivity contribution in [3.63, 3.8) is 0 Å². The minimum atomic E-state index is -0.280. The van der Waals surface area contributed by atoms with E-state index in [0.717, 1.165) is 33.0 Å². The maximum Gasteiger partial charge on any atom is 0.220 e. The van der Waals surface area contributed by atoms with Gasteiger partial charge in [-0.3, -0.25) is 0 Å². The lowest BCUT2D eigenvalue weighted by Crippen LogP contribution is -2.40. The van der Waals surface area contributed by atoms with E-state index >= 15 is 0 Å². The molecule has 0 aliphatic heterocycles. The van der Waals surface area contributed by atoms with Crippen molar-refractivity contribution in [1.82, 2.24) is 0 Å². The van der Waals surface area contributed by atoms with Gasteiger partial charge in [0.25, 0.3) is 0 Å². The molecule has 3 rings (SSSR count). The Morgan fingerprint density at radius 3 is 2.21 bits per heavy atom. The van der Waals surface area contributed by atoms with Gasteiger partial charge in [-0.15, -0.1) is 0 Å². The van der Waals surface area contributed by atoms with Gasteiger partial charge >= 0.3 is 0 Å². The highest BCUT2D eigenvalue weighted by atomic mass is 19.1. The Morgan fingerprint density at radius 1 is 1.00 bits per heavy atom. The molecule has 0 unspecified atom stereocenters. The molecule has 2 nitrogen and oxygen atoms in total. The number of hydrogen-bond donors (Lipinski definition) is 1. The van der Waals surface area contributed by atoms with Crippen LogP contribution >= 0.6 is 0 Å². The van der Waals surface area contributed by atoms with Gasteiger partial charge in [0.2, 0.25) is 5.69 Å². The van der Waals surface area contributed by atoms with Crippen LogP contribution in [0, 0.1) is 11.2 Å². The lowest BCUT2D eigenvalue weighted by Gasteiger charge is -2.22. The van der Waals surface area contributed by atoms with Gasteiger partial charge in [0.1, 0.15) is 11.6 Å². The van der Waals surface area contributed by atoms with Crippen molar-refractivity contribution >= 4 is 27.1 Å². The fourth-order valence-corrected chi connectivity index (χ4v) is 3.84. The van der Waals surface area contributed by atoms with Crippen molar-refractivity contribution in [2.75, 3.05) is 0 Å². The number of nitrogens with zero attached hydrogens (tertiary/aromatic N) is 1. The summed E-state index contributed by atoms with van der Waals surface area (Å²) in [5.74, 6) is -0.181. The standard InChI is InChI=1S/C26H28FNO/c1-16(2)28-14-13-20-19-9-8-10-24(27)21(19)11-12-22(20)25(28)17(3)15-23(18(4)29)26(5,6)7/h8-16H,3-4H2,1-2,5-7H3/p+1/b23-15+. The molecule has 1 N–H and O–H groups in total. The Hall–Kier alpha value is -2.94. The number of aromatic nitrogens is 1. The molecular weight excluding hydrogens is 361 g/mol. The molecule has 150 valence electrons. The van der Waals surface area contributed by atoms with Crippen LogP contribution in [0.2, 0.25) is 0 Å². The fourth-order valence-electron chi connectivity index (χ4n) is 3.84. The van der Waals surface area contributed by atoms with E-state index < -0.39 is 0 Å². The van der Waals surface area contributed by atoms with E-state index in [4.69, 9.17) is 0 Å². The molecule has 0 aliphatic carbocycles. The first-order valence-electron chi connectivity index (χ1n) is 9.87. The van der Waals surface area contributed by atoms with E-state index in [1.807, 2.05) is 57.3 Å². The van der Waals surface area contributed by atoms with Gasteiger partial charge in [-0.25, -0.2) is 4.39 Å². The third-order valence-corrected chi connectivity index (χ3v) is 5.26. The maximum absolute atomic E-state index is 14.3. The monoisotopic (exact) mass is 390 g/mol. The summed E-state index contributed by atoms with van der Waals surface area (Å²) in [5.41, 5.74) is 2.19. The van der Waals surface area contributed by atoms with Crippen LogP contribution in [0.4, 0.5) is 4.39 Å². The smallest absolute Gasteiger partial charge is 0.220 e. The second-order valence-corrected chi connectivity index (χ2v) is 8.81. The van der Waals surface area contributed by atoms with Crippen LogP contribution in [0.25, 0.3) is 27.1 Å². The van der Waals surface area contributed by atoms with Gasteiger partial charge in [0.05, 0.1) is 5.39 Å². The molecular formula is C26H29FNO+. The fraction of sp³-hybridized carbons (Fsp3) is 0.269. The molecule has 3 heteroatoms. The van der Waals surface area contributed by atoms with Gasteiger partial charge in [0.15, 0.2) is 12.2 Å². The normalized spacial score (nSPS) is 12.7. The lowest BCUT2D eigenvalue weighted by atomic mass is 9.83. The first-order valence-corrected chi connectivity index (χ1v) is 9.87. The van der Waals surface area contributed by atoms with Gasteiger partial charge in [-0.1, -0.05) is 52.1 Å². The van der Waals surface area contributed by atoms with Gasteiger partial charge in [0, 0.05) is 22.4 Å². The largest absolute Gasteiger partial charge is 0.508 e.